The second-order valence-electron chi connectivity index (χ2n) is 4.68. The number of aromatic nitrogens is 2. The minimum atomic E-state index is -0.319. The molecule has 0 unspecified atom stereocenters. The average Bonchev–Trinajstić information content (AvgIpc) is 2.75. The fraction of sp³-hybridized carbons (Fsp3) is 0.286. The molecule has 112 valence electrons. The topological polar surface area (TPSA) is 82.1 Å². The van der Waals surface area contributed by atoms with Gasteiger partial charge in [0.25, 0.3) is 0 Å². The third-order valence-electron chi connectivity index (χ3n) is 2.98. The van der Waals surface area contributed by atoms with Crippen molar-refractivity contribution in [2.45, 2.75) is 26.4 Å². The maximum atomic E-state index is 12.0. The number of nitrogens with zero attached hydrogens (tertiary/aromatic N) is 2. The molecule has 1 aromatic carbocycles. The van der Waals surface area contributed by atoms with Gasteiger partial charge in [-0.25, -0.2) is 4.79 Å². The molecule has 0 fully saturated rings. The molecule has 0 radical (unpaired) electrons. The fourth-order valence-corrected chi connectivity index (χ4v) is 2.16. The first-order chi connectivity index (χ1) is 10.0. The number of carbonyl (C=O) groups excluding carboxylic acids is 1. The highest BCUT2D eigenvalue weighted by atomic mass is 35.5. The summed E-state index contributed by atoms with van der Waals surface area (Å²) in [4.78, 5) is 23.9. The first kappa shape index (κ1) is 15.2. The van der Waals surface area contributed by atoms with Crippen molar-refractivity contribution in [1.29, 1.82) is 0 Å². The molecular formula is C14H17ClN4O2. The zero-order valence-corrected chi connectivity index (χ0v) is 12.4. The van der Waals surface area contributed by atoms with Gasteiger partial charge in [-0.05, 0) is 24.6 Å². The summed E-state index contributed by atoms with van der Waals surface area (Å²) in [7, 11) is 0. The Labute approximate surface area is 127 Å². The number of nitrogens with two attached hydrogens (primary N) is 1. The molecule has 1 amide bonds. The Bertz CT molecular complexity index is 705. The van der Waals surface area contributed by atoms with Gasteiger partial charge in [0.05, 0.1) is 11.4 Å². The molecule has 2 aromatic rings. The molecule has 0 saturated heterocycles. The summed E-state index contributed by atoms with van der Waals surface area (Å²) in [6.45, 7) is 2.56. The number of carbonyl (C=O) groups is 1. The summed E-state index contributed by atoms with van der Waals surface area (Å²) in [6, 6.07) is 4.82. The van der Waals surface area contributed by atoms with E-state index in [1.807, 2.05) is 6.92 Å². The normalized spacial score (nSPS) is 10.6. The van der Waals surface area contributed by atoms with Crippen molar-refractivity contribution < 1.29 is 4.79 Å². The smallest absolute Gasteiger partial charge is 0.328 e. The maximum Gasteiger partial charge on any atom is 0.328 e. The number of aryl methyl sites for hydroxylation is 1. The third kappa shape index (κ3) is 3.66. The highest BCUT2D eigenvalue weighted by molar-refractivity contribution is 6.31. The van der Waals surface area contributed by atoms with Crippen LogP contribution >= 0.6 is 11.6 Å². The van der Waals surface area contributed by atoms with Gasteiger partial charge in [-0.2, -0.15) is 0 Å². The largest absolute Gasteiger partial charge is 0.397 e. The van der Waals surface area contributed by atoms with Crippen LogP contribution in [0.2, 0.25) is 5.02 Å². The summed E-state index contributed by atoms with van der Waals surface area (Å²) in [5.41, 5.74) is 6.43. The van der Waals surface area contributed by atoms with E-state index in [9.17, 15) is 9.59 Å². The molecule has 0 saturated carbocycles. The fourth-order valence-electron chi connectivity index (χ4n) is 1.98. The predicted molar refractivity (Wildman–Crippen MR) is 83.5 cm³/mol. The molecule has 0 aliphatic heterocycles. The van der Waals surface area contributed by atoms with Crippen molar-refractivity contribution in [3.8, 4) is 0 Å². The zero-order valence-electron chi connectivity index (χ0n) is 11.7. The Hall–Kier alpha value is -2.21. The summed E-state index contributed by atoms with van der Waals surface area (Å²) in [5, 5.41) is 3.16. The number of hydrogen-bond acceptors (Lipinski definition) is 3. The number of anilines is 2. The van der Waals surface area contributed by atoms with E-state index in [1.54, 1.807) is 35.2 Å². The molecule has 0 aliphatic rings. The van der Waals surface area contributed by atoms with E-state index in [0.29, 0.717) is 22.9 Å². The summed E-state index contributed by atoms with van der Waals surface area (Å²) in [6.07, 6.45) is 4.13. The van der Waals surface area contributed by atoms with Crippen LogP contribution < -0.4 is 16.7 Å². The van der Waals surface area contributed by atoms with Crippen LogP contribution in [0.4, 0.5) is 11.4 Å². The van der Waals surface area contributed by atoms with Gasteiger partial charge >= 0.3 is 5.69 Å². The second-order valence-corrected chi connectivity index (χ2v) is 5.12. The first-order valence-corrected chi connectivity index (χ1v) is 6.99. The lowest BCUT2D eigenvalue weighted by molar-refractivity contribution is -0.116. The Balaban J connectivity index is 2.06. The number of amides is 1. The molecule has 1 aromatic heterocycles. The van der Waals surface area contributed by atoms with Gasteiger partial charge in [0, 0.05) is 24.0 Å². The minimum Gasteiger partial charge on any atom is -0.397 e. The Morgan fingerprint density at radius 1 is 1.33 bits per heavy atom. The monoisotopic (exact) mass is 308 g/mol. The molecule has 1 heterocycles. The van der Waals surface area contributed by atoms with E-state index in [-0.39, 0.29) is 18.1 Å². The molecule has 0 atom stereocenters. The van der Waals surface area contributed by atoms with Crippen molar-refractivity contribution in [2.24, 2.45) is 0 Å². The van der Waals surface area contributed by atoms with E-state index in [2.05, 4.69) is 5.32 Å². The van der Waals surface area contributed by atoms with Crippen LogP contribution in [-0.4, -0.2) is 15.0 Å². The Kier molecular flexibility index (Phi) is 4.70. The second kappa shape index (κ2) is 6.49. The molecule has 0 bridgehead atoms. The molecule has 7 heteroatoms. The maximum absolute atomic E-state index is 12.0. The molecule has 2 rings (SSSR count). The first-order valence-electron chi connectivity index (χ1n) is 6.61. The molecular weight excluding hydrogens is 292 g/mol. The summed E-state index contributed by atoms with van der Waals surface area (Å²) >= 11 is 5.80. The SMILES string of the molecule is CCCn1ccn(CC(=O)Nc2ccc(Cl)cc2N)c1=O. The molecule has 21 heavy (non-hydrogen) atoms. The van der Waals surface area contributed by atoms with Crippen LogP contribution in [0.25, 0.3) is 0 Å². The highest BCUT2D eigenvalue weighted by Crippen LogP contribution is 2.22. The summed E-state index contributed by atoms with van der Waals surface area (Å²) in [5.74, 6) is -0.319. The van der Waals surface area contributed by atoms with E-state index < -0.39 is 0 Å². The van der Waals surface area contributed by atoms with Gasteiger partial charge in [-0.3, -0.25) is 13.9 Å². The predicted octanol–water partition coefficient (Wildman–Crippen LogP) is 1.93. The molecule has 0 spiro atoms. The number of halogens is 1. The van der Waals surface area contributed by atoms with Crippen molar-refractivity contribution in [2.75, 3.05) is 11.1 Å². The minimum absolute atomic E-state index is 0.0579. The van der Waals surface area contributed by atoms with E-state index in [4.69, 9.17) is 17.3 Å². The lowest BCUT2D eigenvalue weighted by atomic mass is 10.2. The third-order valence-corrected chi connectivity index (χ3v) is 3.22. The number of hydrogen-bond donors (Lipinski definition) is 2. The van der Waals surface area contributed by atoms with Gasteiger partial charge in [-0.15, -0.1) is 0 Å². The Morgan fingerprint density at radius 2 is 2.05 bits per heavy atom. The average molecular weight is 309 g/mol. The van der Waals surface area contributed by atoms with Gasteiger partial charge in [0.1, 0.15) is 6.54 Å². The lowest BCUT2D eigenvalue weighted by Crippen LogP contribution is -2.29. The van der Waals surface area contributed by atoms with E-state index in [1.165, 1.54) is 4.57 Å². The van der Waals surface area contributed by atoms with E-state index >= 15 is 0 Å². The van der Waals surface area contributed by atoms with E-state index in [0.717, 1.165) is 6.42 Å². The molecule has 3 N–H and O–H groups in total. The van der Waals surface area contributed by atoms with Crippen LogP contribution in [-0.2, 0) is 17.9 Å². The number of benzene rings is 1. The van der Waals surface area contributed by atoms with Crippen LogP contribution in [0, 0.1) is 0 Å². The number of nitrogens with one attached hydrogen (secondary N) is 1. The molecule has 0 aliphatic carbocycles. The lowest BCUT2D eigenvalue weighted by Gasteiger charge is -2.08. The van der Waals surface area contributed by atoms with Crippen molar-refractivity contribution in [3.63, 3.8) is 0 Å². The zero-order chi connectivity index (χ0) is 15.4. The number of nitrogen functional groups attached to an aromatic ring is 1. The Morgan fingerprint density at radius 3 is 2.71 bits per heavy atom. The van der Waals surface area contributed by atoms with Crippen molar-refractivity contribution >= 4 is 28.9 Å². The summed E-state index contributed by atoms with van der Waals surface area (Å²) < 4.78 is 2.93. The van der Waals surface area contributed by atoms with Crippen LogP contribution in [0.15, 0.2) is 35.4 Å². The van der Waals surface area contributed by atoms with Crippen molar-refractivity contribution in [3.05, 3.63) is 46.1 Å². The molecule has 6 nitrogen and oxygen atoms in total. The van der Waals surface area contributed by atoms with Crippen LogP contribution in [0.5, 0.6) is 0 Å². The van der Waals surface area contributed by atoms with Gasteiger partial charge in [0.15, 0.2) is 0 Å². The quantitative estimate of drug-likeness (QED) is 0.828. The van der Waals surface area contributed by atoms with Crippen LogP contribution in [0.1, 0.15) is 13.3 Å². The highest BCUT2D eigenvalue weighted by Gasteiger charge is 2.09. The number of imidazole rings is 1. The van der Waals surface area contributed by atoms with Crippen LogP contribution in [0.3, 0.4) is 0 Å². The number of rotatable bonds is 5. The van der Waals surface area contributed by atoms with Gasteiger partial charge < -0.3 is 11.1 Å². The van der Waals surface area contributed by atoms with Crippen molar-refractivity contribution in [1.82, 2.24) is 9.13 Å². The van der Waals surface area contributed by atoms with Gasteiger partial charge in [-0.1, -0.05) is 18.5 Å². The standard InChI is InChI=1S/C14H17ClN4O2/c1-2-5-18-6-7-19(14(18)21)9-13(20)17-12-4-3-10(15)8-11(12)16/h3-4,6-8H,2,5,9,16H2,1H3,(H,17,20). The van der Waals surface area contributed by atoms with Gasteiger partial charge in [0.2, 0.25) is 5.91 Å².